The van der Waals surface area contributed by atoms with Gasteiger partial charge in [0.1, 0.15) is 0 Å². The van der Waals surface area contributed by atoms with Gasteiger partial charge in [-0.2, -0.15) is 0 Å². The van der Waals surface area contributed by atoms with Crippen LogP contribution < -0.4 is 10.6 Å². The van der Waals surface area contributed by atoms with Crippen molar-refractivity contribution in [1.29, 1.82) is 0 Å². The molecule has 106 valence electrons. The number of hydrogen-bond acceptors (Lipinski definition) is 4. The molecule has 0 bridgehead atoms. The summed E-state index contributed by atoms with van der Waals surface area (Å²) in [5.41, 5.74) is 9.64. The Morgan fingerprint density at radius 3 is 2.79 bits per heavy atom. The van der Waals surface area contributed by atoms with Gasteiger partial charge in [0.15, 0.2) is 0 Å². The molecule has 2 rings (SSSR count). The van der Waals surface area contributed by atoms with Crippen molar-refractivity contribution in [1.82, 2.24) is 4.90 Å². The van der Waals surface area contributed by atoms with Crippen molar-refractivity contribution in [3.63, 3.8) is 0 Å². The average Bonchev–Trinajstić information content (AvgIpc) is 2.65. The lowest BCUT2D eigenvalue weighted by Crippen LogP contribution is -2.32. The molecular weight excluding hydrogens is 238 g/mol. The fraction of sp³-hybridized carbons (Fsp3) is 0.600. The van der Waals surface area contributed by atoms with Crippen LogP contribution in [0.4, 0.5) is 5.69 Å². The highest BCUT2D eigenvalue weighted by molar-refractivity contribution is 5.55. The molecule has 4 nitrogen and oxygen atoms in total. The second-order valence-corrected chi connectivity index (χ2v) is 5.24. The van der Waals surface area contributed by atoms with Gasteiger partial charge in [0.25, 0.3) is 0 Å². The van der Waals surface area contributed by atoms with E-state index in [0.717, 1.165) is 39.1 Å². The Morgan fingerprint density at radius 2 is 2.05 bits per heavy atom. The van der Waals surface area contributed by atoms with Gasteiger partial charge in [-0.15, -0.1) is 0 Å². The second-order valence-electron chi connectivity index (χ2n) is 5.24. The van der Waals surface area contributed by atoms with Crippen LogP contribution in [0.15, 0.2) is 18.2 Å². The SMILES string of the molecule is Cc1ccc(N2CCCN(CCO)CC2)c(CN)c1. The van der Waals surface area contributed by atoms with Crippen molar-refractivity contribution < 1.29 is 5.11 Å². The Bertz CT molecular complexity index is 408. The van der Waals surface area contributed by atoms with E-state index in [9.17, 15) is 0 Å². The fourth-order valence-corrected chi connectivity index (χ4v) is 2.76. The van der Waals surface area contributed by atoms with Crippen LogP contribution in [0, 0.1) is 6.92 Å². The van der Waals surface area contributed by atoms with Crippen molar-refractivity contribution in [3.8, 4) is 0 Å². The van der Waals surface area contributed by atoms with Crippen LogP contribution in [-0.4, -0.2) is 49.3 Å². The number of nitrogens with zero attached hydrogens (tertiary/aromatic N) is 2. The zero-order valence-electron chi connectivity index (χ0n) is 11.8. The van der Waals surface area contributed by atoms with Gasteiger partial charge < -0.3 is 15.7 Å². The first kappa shape index (κ1) is 14.3. The van der Waals surface area contributed by atoms with Crippen molar-refractivity contribution in [2.75, 3.05) is 44.2 Å². The molecule has 0 atom stereocenters. The maximum absolute atomic E-state index is 9.03. The van der Waals surface area contributed by atoms with Crippen LogP contribution in [0.3, 0.4) is 0 Å². The first-order valence-corrected chi connectivity index (χ1v) is 7.12. The fourth-order valence-electron chi connectivity index (χ4n) is 2.76. The predicted molar refractivity (Wildman–Crippen MR) is 79.4 cm³/mol. The van der Waals surface area contributed by atoms with Crippen LogP contribution in [0.2, 0.25) is 0 Å². The van der Waals surface area contributed by atoms with Gasteiger partial charge in [-0.25, -0.2) is 0 Å². The molecule has 0 spiro atoms. The van der Waals surface area contributed by atoms with Gasteiger partial charge in [0.2, 0.25) is 0 Å². The Hall–Kier alpha value is -1.10. The van der Waals surface area contributed by atoms with Crippen molar-refractivity contribution in [3.05, 3.63) is 29.3 Å². The maximum atomic E-state index is 9.03. The number of hydrogen-bond donors (Lipinski definition) is 2. The molecule has 1 saturated heterocycles. The number of β-amino-alcohol motifs (C(OH)–C–C–N with tert-alkyl or cyclic N) is 1. The lowest BCUT2D eigenvalue weighted by molar-refractivity contribution is 0.204. The molecule has 3 N–H and O–H groups in total. The Kier molecular flexibility index (Phi) is 5.19. The third-order valence-electron chi connectivity index (χ3n) is 3.80. The standard InChI is InChI=1S/C15H25N3O/c1-13-3-4-15(14(11-13)12-16)18-6-2-5-17(7-8-18)9-10-19/h3-4,11,19H,2,5-10,12,16H2,1H3. The molecule has 0 aromatic heterocycles. The minimum Gasteiger partial charge on any atom is -0.395 e. The zero-order chi connectivity index (χ0) is 13.7. The summed E-state index contributed by atoms with van der Waals surface area (Å²) in [5.74, 6) is 0. The van der Waals surface area contributed by atoms with Gasteiger partial charge in [-0.1, -0.05) is 17.7 Å². The van der Waals surface area contributed by atoms with E-state index in [1.54, 1.807) is 0 Å². The Morgan fingerprint density at radius 1 is 1.21 bits per heavy atom. The summed E-state index contributed by atoms with van der Waals surface area (Å²) in [6, 6.07) is 6.54. The van der Waals surface area contributed by atoms with Gasteiger partial charge in [0, 0.05) is 38.4 Å². The topological polar surface area (TPSA) is 52.7 Å². The normalized spacial score (nSPS) is 17.5. The van der Waals surface area contributed by atoms with Crippen LogP contribution in [-0.2, 0) is 6.54 Å². The monoisotopic (exact) mass is 263 g/mol. The third-order valence-corrected chi connectivity index (χ3v) is 3.80. The van der Waals surface area contributed by atoms with E-state index in [1.807, 2.05) is 0 Å². The lowest BCUT2D eigenvalue weighted by atomic mass is 10.1. The number of anilines is 1. The van der Waals surface area contributed by atoms with E-state index in [4.69, 9.17) is 10.8 Å². The van der Waals surface area contributed by atoms with Crippen LogP contribution >= 0.6 is 0 Å². The molecule has 4 heteroatoms. The third kappa shape index (κ3) is 3.69. The number of nitrogens with two attached hydrogens (primary N) is 1. The second kappa shape index (κ2) is 6.89. The van der Waals surface area contributed by atoms with Crippen LogP contribution in [0.25, 0.3) is 0 Å². The molecule has 1 heterocycles. The predicted octanol–water partition coefficient (Wildman–Crippen LogP) is 0.958. The Balaban J connectivity index is 2.09. The smallest absolute Gasteiger partial charge is 0.0558 e. The summed E-state index contributed by atoms with van der Waals surface area (Å²) >= 11 is 0. The molecule has 0 amide bonds. The summed E-state index contributed by atoms with van der Waals surface area (Å²) in [5, 5.41) is 9.03. The minimum absolute atomic E-state index is 0.249. The minimum atomic E-state index is 0.249. The zero-order valence-corrected chi connectivity index (χ0v) is 11.8. The van der Waals surface area contributed by atoms with E-state index < -0.39 is 0 Å². The molecule has 1 aliphatic heterocycles. The highest BCUT2D eigenvalue weighted by Crippen LogP contribution is 2.23. The summed E-state index contributed by atoms with van der Waals surface area (Å²) in [6.07, 6.45) is 1.14. The van der Waals surface area contributed by atoms with Crippen molar-refractivity contribution >= 4 is 5.69 Å². The first-order chi connectivity index (χ1) is 9.24. The molecule has 1 aliphatic rings. The summed E-state index contributed by atoms with van der Waals surface area (Å²) < 4.78 is 0. The average molecular weight is 263 g/mol. The van der Waals surface area contributed by atoms with Crippen molar-refractivity contribution in [2.45, 2.75) is 19.9 Å². The quantitative estimate of drug-likeness (QED) is 0.849. The first-order valence-electron chi connectivity index (χ1n) is 7.12. The van der Waals surface area contributed by atoms with Gasteiger partial charge >= 0.3 is 0 Å². The van der Waals surface area contributed by atoms with E-state index in [-0.39, 0.29) is 6.61 Å². The summed E-state index contributed by atoms with van der Waals surface area (Å²) in [6.45, 7) is 7.89. The highest BCUT2D eigenvalue weighted by Gasteiger charge is 2.16. The molecular formula is C15H25N3O. The van der Waals surface area contributed by atoms with Crippen LogP contribution in [0.5, 0.6) is 0 Å². The summed E-state index contributed by atoms with van der Waals surface area (Å²) in [7, 11) is 0. The van der Waals surface area contributed by atoms with Crippen LogP contribution in [0.1, 0.15) is 17.5 Å². The van der Waals surface area contributed by atoms with E-state index in [0.29, 0.717) is 6.54 Å². The molecule has 0 unspecified atom stereocenters. The Labute approximate surface area is 115 Å². The van der Waals surface area contributed by atoms with E-state index in [2.05, 4.69) is 34.9 Å². The lowest BCUT2D eigenvalue weighted by Gasteiger charge is -2.26. The molecule has 1 fully saturated rings. The summed E-state index contributed by atoms with van der Waals surface area (Å²) in [4.78, 5) is 4.76. The largest absolute Gasteiger partial charge is 0.395 e. The van der Waals surface area contributed by atoms with Gasteiger partial charge in [-0.05, 0) is 31.5 Å². The molecule has 1 aromatic carbocycles. The number of benzene rings is 1. The number of aliphatic hydroxyl groups excluding tert-OH is 1. The highest BCUT2D eigenvalue weighted by atomic mass is 16.3. The maximum Gasteiger partial charge on any atom is 0.0558 e. The van der Waals surface area contributed by atoms with E-state index >= 15 is 0 Å². The molecule has 0 radical (unpaired) electrons. The molecule has 19 heavy (non-hydrogen) atoms. The van der Waals surface area contributed by atoms with Crippen molar-refractivity contribution in [2.24, 2.45) is 5.73 Å². The van der Waals surface area contributed by atoms with Gasteiger partial charge in [0.05, 0.1) is 6.61 Å². The molecule has 0 saturated carbocycles. The number of rotatable bonds is 4. The number of aryl methyl sites for hydroxylation is 1. The molecule has 0 aliphatic carbocycles. The number of aliphatic hydroxyl groups is 1. The molecule has 1 aromatic rings. The van der Waals surface area contributed by atoms with Gasteiger partial charge in [-0.3, -0.25) is 4.90 Å². The van der Waals surface area contributed by atoms with E-state index in [1.165, 1.54) is 16.8 Å².